The molecule has 0 aromatic heterocycles. The van der Waals surface area contributed by atoms with E-state index < -0.39 is 48.4 Å². The molecule has 1 aromatic carbocycles. The first-order chi connectivity index (χ1) is 11.0. The Morgan fingerprint density at radius 2 is 1.58 bits per heavy atom. The number of carbonyl (C=O) groups is 2. The van der Waals surface area contributed by atoms with Crippen LogP contribution >= 0.6 is 0 Å². The zero-order valence-electron chi connectivity index (χ0n) is 12.0. The largest absolute Gasteiger partial charge is 0.416 e. The van der Waals surface area contributed by atoms with Crippen LogP contribution in [0.2, 0.25) is 0 Å². The van der Waals surface area contributed by atoms with Crippen LogP contribution in [-0.2, 0) is 11.0 Å². The number of hydrogen-bond acceptors (Lipinski definition) is 2. The number of amides is 1. The Morgan fingerprint density at radius 3 is 2.08 bits per heavy atom. The predicted octanol–water partition coefficient (Wildman–Crippen LogP) is 3.86. The lowest BCUT2D eigenvalue weighted by atomic mass is 9.90. The lowest BCUT2D eigenvalue weighted by molar-refractivity contribution is -0.178. The van der Waals surface area contributed by atoms with Crippen LogP contribution in [0.15, 0.2) is 36.0 Å². The second-order valence-electron chi connectivity index (χ2n) is 5.31. The summed E-state index contributed by atoms with van der Waals surface area (Å²) in [5.74, 6) is -3.55. The Hall–Kier alpha value is -2.32. The summed E-state index contributed by atoms with van der Waals surface area (Å²) >= 11 is 0. The summed E-state index contributed by atoms with van der Waals surface area (Å²) in [7, 11) is 0. The van der Waals surface area contributed by atoms with Crippen LogP contribution in [-0.4, -0.2) is 17.9 Å². The zero-order valence-corrected chi connectivity index (χ0v) is 12.0. The van der Waals surface area contributed by atoms with Gasteiger partial charge in [0.15, 0.2) is 5.78 Å². The van der Waals surface area contributed by atoms with Crippen LogP contribution in [0.5, 0.6) is 0 Å². The molecule has 1 N–H and O–H groups in total. The molecule has 3 nitrogen and oxygen atoms in total. The molecule has 0 fully saturated rings. The third kappa shape index (κ3) is 4.36. The van der Waals surface area contributed by atoms with E-state index in [-0.39, 0.29) is 11.3 Å². The SMILES string of the molecule is O=C1C=C(NC(=O)c2ccc(C(F)(F)F)cc2)CC(C(F)(F)F)C1. The molecule has 130 valence electrons. The van der Waals surface area contributed by atoms with Crippen LogP contribution in [0.1, 0.15) is 28.8 Å². The fraction of sp³-hybridized carbons (Fsp3) is 0.333. The molecular weight excluding hydrogens is 340 g/mol. The predicted molar refractivity (Wildman–Crippen MR) is 70.8 cm³/mol. The summed E-state index contributed by atoms with van der Waals surface area (Å²) in [5, 5.41) is 2.15. The van der Waals surface area contributed by atoms with Crippen molar-refractivity contribution >= 4 is 11.7 Å². The number of hydrogen-bond donors (Lipinski definition) is 1. The number of halogens is 6. The lowest BCUT2D eigenvalue weighted by Crippen LogP contribution is -2.33. The molecule has 0 saturated heterocycles. The van der Waals surface area contributed by atoms with E-state index in [2.05, 4.69) is 5.32 Å². The van der Waals surface area contributed by atoms with Crippen LogP contribution in [0.3, 0.4) is 0 Å². The summed E-state index contributed by atoms with van der Waals surface area (Å²) in [6.45, 7) is 0. The number of allylic oxidation sites excluding steroid dienone is 2. The topological polar surface area (TPSA) is 46.2 Å². The Morgan fingerprint density at radius 1 is 1.00 bits per heavy atom. The maximum Gasteiger partial charge on any atom is 0.416 e. The quantitative estimate of drug-likeness (QED) is 0.823. The smallest absolute Gasteiger partial charge is 0.326 e. The molecule has 0 bridgehead atoms. The van der Waals surface area contributed by atoms with Gasteiger partial charge in [-0.2, -0.15) is 26.3 Å². The van der Waals surface area contributed by atoms with Gasteiger partial charge in [-0.05, 0) is 30.7 Å². The fourth-order valence-corrected chi connectivity index (χ4v) is 2.24. The van der Waals surface area contributed by atoms with Gasteiger partial charge in [0.25, 0.3) is 5.91 Å². The van der Waals surface area contributed by atoms with Crippen LogP contribution in [0, 0.1) is 5.92 Å². The summed E-state index contributed by atoms with van der Waals surface area (Å²) < 4.78 is 75.4. The molecule has 1 unspecified atom stereocenters. The van der Waals surface area contributed by atoms with Crippen molar-refractivity contribution in [2.24, 2.45) is 5.92 Å². The molecule has 1 aromatic rings. The molecule has 1 aliphatic carbocycles. The Labute approximate surface area is 132 Å². The van der Waals surface area contributed by atoms with Crippen molar-refractivity contribution in [2.75, 3.05) is 0 Å². The molecule has 0 radical (unpaired) electrons. The van der Waals surface area contributed by atoms with Gasteiger partial charge in [0.05, 0.1) is 11.5 Å². The first-order valence-electron chi connectivity index (χ1n) is 6.75. The minimum absolute atomic E-state index is 0.162. The number of alkyl halides is 6. The highest BCUT2D eigenvalue weighted by molar-refractivity contribution is 5.97. The number of ketones is 1. The van der Waals surface area contributed by atoms with Gasteiger partial charge in [-0.1, -0.05) is 0 Å². The van der Waals surface area contributed by atoms with Crippen molar-refractivity contribution in [3.63, 3.8) is 0 Å². The Balaban J connectivity index is 2.10. The molecule has 24 heavy (non-hydrogen) atoms. The van der Waals surface area contributed by atoms with E-state index in [0.717, 1.165) is 18.2 Å². The van der Waals surface area contributed by atoms with Crippen molar-refractivity contribution < 1.29 is 35.9 Å². The van der Waals surface area contributed by atoms with Crippen molar-refractivity contribution in [3.8, 4) is 0 Å². The van der Waals surface area contributed by atoms with Gasteiger partial charge in [0.2, 0.25) is 0 Å². The average Bonchev–Trinajstić information content (AvgIpc) is 2.45. The molecule has 1 amide bonds. The van der Waals surface area contributed by atoms with Gasteiger partial charge in [-0.15, -0.1) is 0 Å². The minimum Gasteiger partial charge on any atom is -0.326 e. The van der Waals surface area contributed by atoms with Gasteiger partial charge < -0.3 is 5.32 Å². The Bertz CT molecular complexity index is 673. The molecule has 0 heterocycles. The highest BCUT2D eigenvalue weighted by atomic mass is 19.4. The average molecular weight is 351 g/mol. The maximum atomic E-state index is 12.7. The molecule has 1 atom stereocenters. The molecule has 2 rings (SSSR count). The molecule has 9 heteroatoms. The van der Waals surface area contributed by atoms with E-state index in [0.29, 0.717) is 12.1 Å². The van der Waals surface area contributed by atoms with E-state index in [1.807, 2.05) is 0 Å². The van der Waals surface area contributed by atoms with Gasteiger partial charge >= 0.3 is 12.4 Å². The highest BCUT2D eigenvalue weighted by Crippen LogP contribution is 2.36. The number of benzene rings is 1. The van der Waals surface area contributed by atoms with E-state index in [4.69, 9.17) is 0 Å². The third-order valence-corrected chi connectivity index (χ3v) is 3.46. The molecule has 0 saturated carbocycles. The summed E-state index contributed by atoms with van der Waals surface area (Å²) in [5.41, 5.74) is -1.33. The lowest BCUT2D eigenvalue weighted by Gasteiger charge is -2.24. The van der Waals surface area contributed by atoms with Crippen LogP contribution in [0.25, 0.3) is 0 Å². The number of nitrogens with one attached hydrogen (secondary N) is 1. The molecular formula is C15H11F6NO2. The first-order valence-corrected chi connectivity index (χ1v) is 6.75. The van der Waals surface area contributed by atoms with Crippen molar-refractivity contribution in [1.29, 1.82) is 0 Å². The summed E-state index contributed by atoms with van der Waals surface area (Å²) in [6, 6.07) is 3.19. The van der Waals surface area contributed by atoms with Gasteiger partial charge in [0, 0.05) is 23.8 Å². The van der Waals surface area contributed by atoms with Crippen molar-refractivity contribution in [1.82, 2.24) is 5.32 Å². The third-order valence-electron chi connectivity index (χ3n) is 3.46. The van der Waals surface area contributed by atoms with E-state index in [1.54, 1.807) is 0 Å². The molecule has 0 aliphatic heterocycles. The van der Waals surface area contributed by atoms with Gasteiger partial charge in [-0.25, -0.2) is 0 Å². The second-order valence-corrected chi connectivity index (χ2v) is 5.31. The molecule has 1 aliphatic rings. The fourth-order valence-electron chi connectivity index (χ4n) is 2.24. The van der Waals surface area contributed by atoms with Crippen molar-refractivity contribution in [3.05, 3.63) is 47.2 Å². The standard InChI is InChI=1S/C15H11F6NO2/c16-14(17,18)9-3-1-8(2-4-9)13(24)22-11-5-10(15(19,20)21)6-12(23)7-11/h1-4,7,10H,5-6H2,(H,22,24). The summed E-state index contributed by atoms with van der Waals surface area (Å²) in [6.07, 6.45) is -9.49. The summed E-state index contributed by atoms with van der Waals surface area (Å²) in [4.78, 5) is 23.3. The van der Waals surface area contributed by atoms with Crippen LogP contribution < -0.4 is 5.32 Å². The zero-order chi connectivity index (χ0) is 18.1. The maximum absolute atomic E-state index is 12.7. The van der Waals surface area contributed by atoms with Gasteiger partial charge in [0.1, 0.15) is 0 Å². The second kappa shape index (κ2) is 6.29. The molecule has 0 spiro atoms. The van der Waals surface area contributed by atoms with Gasteiger partial charge in [-0.3, -0.25) is 9.59 Å². The normalized spacial score (nSPS) is 19.0. The number of carbonyl (C=O) groups excluding carboxylic acids is 2. The number of rotatable bonds is 2. The Kier molecular flexibility index (Phi) is 4.73. The van der Waals surface area contributed by atoms with Crippen LogP contribution in [0.4, 0.5) is 26.3 Å². The first kappa shape index (κ1) is 18.0. The van der Waals surface area contributed by atoms with E-state index >= 15 is 0 Å². The highest BCUT2D eigenvalue weighted by Gasteiger charge is 2.42. The van der Waals surface area contributed by atoms with E-state index in [9.17, 15) is 35.9 Å². The monoisotopic (exact) mass is 351 g/mol. The van der Waals surface area contributed by atoms with Crippen molar-refractivity contribution in [2.45, 2.75) is 25.2 Å². The minimum atomic E-state index is -4.58. The van der Waals surface area contributed by atoms with E-state index in [1.165, 1.54) is 0 Å².